The van der Waals surface area contributed by atoms with Crippen molar-refractivity contribution in [3.8, 4) is 0 Å². The molecule has 0 spiro atoms. The number of carboxylic acids is 1. The fourth-order valence-corrected chi connectivity index (χ4v) is 2.40. The number of aliphatic carboxylic acids is 1. The second-order valence-electron chi connectivity index (χ2n) is 5.43. The van der Waals surface area contributed by atoms with Crippen LogP contribution in [0.3, 0.4) is 0 Å². The third-order valence-electron chi connectivity index (χ3n) is 3.75. The van der Waals surface area contributed by atoms with Crippen molar-refractivity contribution in [2.75, 3.05) is 14.2 Å². The first-order valence-corrected chi connectivity index (χ1v) is 7.53. The number of amides is 1. The lowest BCUT2D eigenvalue weighted by molar-refractivity contribution is -0.163. The third-order valence-corrected chi connectivity index (χ3v) is 3.75. The van der Waals surface area contributed by atoms with Crippen molar-refractivity contribution in [3.05, 3.63) is 35.9 Å². The van der Waals surface area contributed by atoms with E-state index in [4.69, 9.17) is 0 Å². The first-order valence-electron chi connectivity index (χ1n) is 7.53. The van der Waals surface area contributed by atoms with Crippen LogP contribution in [0.1, 0.15) is 12.5 Å². The number of esters is 2. The molecule has 2 N–H and O–H groups in total. The summed E-state index contributed by atoms with van der Waals surface area (Å²) in [6.07, 6.45) is -0.0293. The van der Waals surface area contributed by atoms with Gasteiger partial charge in [0.15, 0.2) is 5.92 Å². The molecule has 0 heterocycles. The summed E-state index contributed by atoms with van der Waals surface area (Å²) in [6.45, 7) is 1.36. The molecule has 0 fully saturated rings. The van der Waals surface area contributed by atoms with Crippen molar-refractivity contribution in [1.29, 1.82) is 0 Å². The molecule has 8 nitrogen and oxygen atoms in total. The first kappa shape index (κ1) is 20.1. The average Bonchev–Trinajstić information content (AvgIpc) is 2.59. The summed E-state index contributed by atoms with van der Waals surface area (Å²) < 4.78 is 9.08. The van der Waals surface area contributed by atoms with Gasteiger partial charge in [0.05, 0.1) is 20.6 Å². The van der Waals surface area contributed by atoms with E-state index in [0.29, 0.717) is 5.56 Å². The van der Waals surface area contributed by atoms with Gasteiger partial charge in [-0.05, 0) is 5.56 Å². The van der Waals surface area contributed by atoms with Crippen LogP contribution < -0.4 is 5.32 Å². The van der Waals surface area contributed by atoms with Crippen molar-refractivity contribution in [2.24, 2.45) is 11.8 Å². The van der Waals surface area contributed by atoms with Crippen LogP contribution >= 0.6 is 0 Å². The highest BCUT2D eigenvalue weighted by Gasteiger charge is 2.41. The van der Waals surface area contributed by atoms with Gasteiger partial charge in [0.1, 0.15) is 6.04 Å². The van der Waals surface area contributed by atoms with E-state index >= 15 is 0 Å². The minimum Gasteiger partial charge on any atom is -0.480 e. The molecule has 0 radical (unpaired) electrons. The number of carbonyl (C=O) groups is 4. The molecule has 1 amide bonds. The molecule has 0 aliphatic rings. The van der Waals surface area contributed by atoms with Crippen LogP contribution in [0.5, 0.6) is 0 Å². The Hall–Kier alpha value is -2.90. The molecule has 0 aliphatic carbocycles. The van der Waals surface area contributed by atoms with Crippen LogP contribution in [0.15, 0.2) is 30.3 Å². The summed E-state index contributed by atoms with van der Waals surface area (Å²) in [4.78, 5) is 47.3. The summed E-state index contributed by atoms with van der Waals surface area (Å²) >= 11 is 0. The Morgan fingerprint density at radius 2 is 1.56 bits per heavy atom. The van der Waals surface area contributed by atoms with E-state index in [-0.39, 0.29) is 6.42 Å². The molecule has 8 heteroatoms. The molecule has 25 heavy (non-hydrogen) atoms. The maximum absolute atomic E-state index is 12.1. The number of methoxy groups -OCH3 is 2. The molecule has 1 aromatic carbocycles. The fraction of sp³-hybridized carbons (Fsp3) is 0.412. The maximum Gasteiger partial charge on any atom is 0.326 e. The van der Waals surface area contributed by atoms with Gasteiger partial charge in [0.2, 0.25) is 5.91 Å². The monoisotopic (exact) mass is 351 g/mol. The van der Waals surface area contributed by atoms with E-state index in [1.165, 1.54) is 6.92 Å². The lowest BCUT2D eigenvalue weighted by Crippen LogP contribution is -2.50. The highest BCUT2D eigenvalue weighted by molar-refractivity contribution is 5.96. The van der Waals surface area contributed by atoms with Crippen LogP contribution in [0.25, 0.3) is 0 Å². The molecule has 2 atom stereocenters. The zero-order valence-electron chi connectivity index (χ0n) is 14.2. The Kier molecular flexibility index (Phi) is 7.58. The van der Waals surface area contributed by atoms with Crippen molar-refractivity contribution in [3.63, 3.8) is 0 Å². The molecule has 0 unspecified atom stereocenters. The van der Waals surface area contributed by atoms with Crippen LogP contribution in [0.2, 0.25) is 0 Å². The number of ether oxygens (including phenoxy) is 2. The van der Waals surface area contributed by atoms with Gasteiger partial charge in [-0.3, -0.25) is 14.4 Å². The van der Waals surface area contributed by atoms with Crippen LogP contribution in [0.4, 0.5) is 0 Å². The summed E-state index contributed by atoms with van der Waals surface area (Å²) in [6, 6.07) is 7.30. The molecule has 136 valence electrons. The first-order chi connectivity index (χ1) is 11.8. The summed E-state index contributed by atoms with van der Waals surface area (Å²) in [5, 5.41) is 11.7. The molecular weight excluding hydrogens is 330 g/mol. The molecule has 0 bridgehead atoms. The van der Waals surface area contributed by atoms with Gasteiger partial charge >= 0.3 is 17.9 Å². The van der Waals surface area contributed by atoms with E-state index in [0.717, 1.165) is 14.2 Å². The molecule has 1 rings (SSSR count). The van der Waals surface area contributed by atoms with Gasteiger partial charge < -0.3 is 19.9 Å². The minimum absolute atomic E-state index is 0.0293. The van der Waals surface area contributed by atoms with Gasteiger partial charge in [-0.25, -0.2) is 4.79 Å². The largest absolute Gasteiger partial charge is 0.480 e. The van der Waals surface area contributed by atoms with E-state index < -0.39 is 41.7 Å². The standard InChI is InChI=1S/C17H21NO7/c1-10(13(16(22)24-2)17(23)25-3)14(15(20)21)18-12(19)9-11-7-5-4-6-8-11/h4-8,10,13-14H,9H2,1-3H3,(H,18,19)(H,20,21)/t10-,14-/m0/s1. The average molecular weight is 351 g/mol. The number of hydrogen-bond acceptors (Lipinski definition) is 6. The predicted octanol–water partition coefficient (Wildman–Crippen LogP) is 0.397. The number of rotatable bonds is 8. The number of carboxylic acid groups (broad SMARTS) is 1. The maximum atomic E-state index is 12.1. The van der Waals surface area contributed by atoms with Crippen molar-refractivity contribution in [1.82, 2.24) is 5.32 Å². The Morgan fingerprint density at radius 3 is 2.00 bits per heavy atom. The summed E-state index contributed by atoms with van der Waals surface area (Å²) in [7, 11) is 2.16. The van der Waals surface area contributed by atoms with Crippen LogP contribution in [0, 0.1) is 11.8 Å². The number of hydrogen-bond donors (Lipinski definition) is 2. The molecular formula is C17H21NO7. The Balaban J connectivity index is 2.93. The molecule has 1 aromatic rings. The van der Waals surface area contributed by atoms with Gasteiger partial charge in [0, 0.05) is 5.92 Å². The van der Waals surface area contributed by atoms with Crippen molar-refractivity contribution in [2.45, 2.75) is 19.4 Å². The van der Waals surface area contributed by atoms with E-state index in [1.54, 1.807) is 30.3 Å². The highest BCUT2D eigenvalue weighted by Crippen LogP contribution is 2.20. The molecule has 0 saturated heterocycles. The molecule has 0 aromatic heterocycles. The van der Waals surface area contributed by atoms with E-state index in [1.807, 2.05) is 0 Å². The van der Waals surface area contributed by atoms with E-state index in [2.05, 4.69) is 14.8 Å². The quantitative estimate of drug-likeness (QED) is 0.514. The van der Waals surface area contributed by atoms with Crippen LogP contribution in [-0.2, 0) is 35.1 Å². The summed E-state index contributed by atoms with van der Waals surface area (Å²) in [5.41, 5.74) is 0.703. The van der Waals surface area contributed by atoms with Gasteiger partial charge in [-0.15, -0.1) is 0 Å². The highest BCUT2D eigenvalue weighted by atomic mass is 16.5. The summed E-state index contributed by atoms with van der Waals surface area (Å²) in [5.74, 6) is -6.30. The number of carbonyl (C=O) groups excluding carboxylic acids is 3. The SMILES string of the molecule is COC(=O)C(C(=O)OC)[C@H](C)[C@H](NC(=O)Cc1ccccc1)C(=O)O. The second kappa shape index (κ2) is 9.41. The lowest BCUT2D eigenvalue weighted by Gasteiger charge is -2.26. The van der Waals surface area contributed by atoms with Crippen molar-refractivity contribution < 1.29 is 33.8 Å². The van der Waals surface area contributed by atoms with Crippen molar-refractivity contribution >= 4 is 23.8 Å². The van der Waals surface area contributed by atoms with Gasteiger partial charge in [0.25, 0.3) is 0 Å². The lowest BCUT2D eigenvalue weighted by atomic mass is 9.87. The normalized spacial score (nSPS) is 12.8. The van der Waals surface area contributed by atoms with E-state index in [9.17, 15) is 24.3 Å². The Bertz CT molecular complexity index is 613. The molecule has 0 saturated carbocycles. The third kappa shape index (κ3) is 5.59. The fourth-order valence-electron chi connectivity index (χ4n) is 2.40. The van der Waals surface area contributed by atoms with Gasteiger partial charge in [-0.1, -0.05) is 37.3 Å². The second-order valence-corrected chi connectivity index (χ2v) is 5.43. The Labute approximate surface area is 145 Å². The number of nitrogens with one attached hydrogen (secondary N) is 1. The minimum atomic E-state index is -1.46. The van der Waals surface area contributed by atoms with Gasteiger partial charge in [-0.2, -0.15) is 0 Å². The smallest absolute Gasteiger partial charge is 0.326 e. The molecule has 0 aliphatic heterocycles. The zero-order chi connectivity index (χ0) is 19.0. The van der Waals surface area contributed by atoms with Crippen LogP contribution in [-0.4, -0.2) is 49.2 Å². The number of benzene rings is 1. The topological polar surface area (TPSA) is 119 Å². The predicted molar refractivity (Wildman–Crippen MR) is 86.4 cm³/mol. The zero-order valence-corrected chi connectivity index (χ0v) is 14.2. The Morgan fingerprint density at radius 1 is 1.04 bits per heavy atom.